The van der Waals surface area contributed by atoms with E-state index in [9.17, 15) is 9.59 Å². The number of aryl methyl sites for hydroxylation is 2. The summed E-state index contributed by atoms with van der Waals surface area (Å²) in [4.78, 5) is 25.2. The van der Waals surface area contributed by atoms with Crippen LogP contribution < -0.4 is 10.6 Å². The van der Waals surface area contributed by atoms with Gasteiger partial charge in [0.05, 0.1) is 4.88 Å². The van der Waals surface area contributed by atoms with Crippen LogP contribution in [0.15, 0.2) is 30.3 Å². The fourth-order valence-corrected chi connectivity index (χ4v) is 3.24. The van der Waals surface area contributed by atoms with Gasteiger partial charge < -0.3 is 10.6 Å². The fraction of sp³-hybridized carbons (Fsp3) is 0.294. The summed E-state index contributed by atoms with van der Waals surface area (Å²) in [6, 6.07) is 9.42. The van der Waals surface area contributed by atoms with E-state index in [2.05, 4.69) is 17.6 Å². The number of anilines is 1. The molecular formula is C17H20N2O2S. The van der Waals surface area contributed by atoms with Crippen molar-refractivity contribution < 1.29 is 9.59 Å². The van der Waals surface area contributed by atoms with Crippen molar-refractivity contribution in [1.82, 2.24) is 5.32 Å². The van der Waals surface area contributed by atoms with Crippen molar-refractivity contribution in [3.8, 4) is 0 Å². The van der Waals surface area contributed by atoms with E-state index in [-0.39, 0.29) is 11.8 Å². The van der Waals surface area contributed by atoms with E-state index in [0.29, 0.717) is 6.54 Å². The summed E-state index contributed by atoms with van der Waals surface area (Å²) in [7, 11) is 0. The molecule has 22 heavy (non-hydrogen) atoms. The number of thiophene rings is 1. The number of amides is 2. The van der Waals surface area contributed by atoms with Crippen LogP contribution in [-0.4, -0.2) is 11.8 Å². The first kappa shape index (κ1) is 16.2. The van der Waals surface area contributed by atoms with Crippen LogP contribution in [0, 0.1) is 6.92 Å². The van der Waals surface area contributed by atoms with Gasteiger partial charge >= 0.3 is 0 Å². The van der Waals surface area contributed by atoms with Crippen molar-refractivity contribution in [3.63, 3.8) is 0 Å². The maximum Gasteiger partial charge on any atom is 0.261 e. The summed E-state index contributed by atoms with van der Waals surface area (Å²) in [5.41, 5.74) is 2.91. The molecule has 116 valence electrons. The molecule has 2 amide bonds. The van der Waals surface area contributed by atoms with Gasteiger partial charge in [-0.2, -0.15) is 0 Å². The lowest BCUT2D eigenvalue weighted by molar-refractivity contribution is -0.114. The molecule has 2 rings (SSSR count). The smallest absolute Gasteiger partial charge is 0.261 e. The second-order valence-corrected chi connectivity index (χ2v) is 6.37. The Kier molecular flexibility index (Phi) is 5.33. The van der Waals surface area contributed by atoms with Crippen molar-refractivity contribution in [2.24, 2.45) is 0 Å². The maximum absolute atomic E-state index is 12.2. The lowest BCUT2D eigenvalue weighted by Gasteiger charge is -2.07. The second kappa shape index (κ2) is 7.22. The molecule has 0 saturated carbocycles. The monoisotopic (exact) mass is 316 g/mol. The van der Waals surface area contributed by atoms with Crippen molar-refractivity contribution in [1.29, 1.82) is 0 Å². The molecule has 0 aliphatic heterocycles. The van der Waals surface area contributed by atoms with Crippen LogP contribution in [0.2, 0.25) is 0 Å². The molecule has 1 aromatic carbocycles. The lowest BCUT2D eigenvalue weighted by atomic mass is 10.2. The molecule has 1 heterocycles. The Balaban J connectivity index is 2.00. The van der Waals surface area contributed by atoms with Crippen molar-refractivity contribution >= 4 is 28.8 Å². The van der Waals surface area contributed by atoms with Crippen LogP contribution >= 0.6 is 11.3 Å². The van der Waals surface area contributed by atoms with E-state index in [1.54, 1.807) is 0 Å². The zero-order valence-corrected chi connectivity index (χ0v) is 13.8. The molecule has 5 heteroatoms. The summed E-state index contributed by atoms with van der Waals surface area (Å²) < 4.78 is 0. The molecule has 4 nitrogen and oxygen atoms in total. The Hall–Kier alpha value is -2.14. The summed E-state index contributed by atoms with van der Waals surface area (Å²) in [6.45, 7) is 6.03. The largest absolute Gasteiger partial charge is 0.347 e. The zero-order valence-electron chi connectivity index (χ0n) is 13.0. The van der Waals surface area contributed by atoms with Gasteiger partial charge in [0.1, 0.15) is 0 Å². The van der Waals surface area contributed by atoms with Crippen molar-refractivity contribution in [2.75, 3.05) is 5.32 Å². The summed E-state index contributed by atoms with van der Waals surface area (Å²) in [6.07, 6.45) is 0.939. The van der Waals surface area contributed by atoms with Crippen LogP contribution in [0.3, 0.4) is 0 Å². The van der Waals surface area contributed by atoms with Gasteiger partial charge in [0.25, 0.3) is 5.91 Å². The predicted octanol–water partition coefficient (Wildman–Crippen LogP) is 3.51. The first-order valence-electron chi connectivity index (χ1n) is 7.23. The van der Waals surface area contributed by atoms with Gasteiger partial charge in [-0.1, -0.05) is 19.1 Å². The third kappa shape index (κ3) is 4.18. The molecule has 2 N–H and O–H groups in total. The number of nitrogens with one attached hydrogen (secondary N) is 2. The Morgan fingerprint density at radius 1 is 1.23 bits per heavy atom. The molecule has 0 unspecified atom stereocenters. The Bertz CT molecular complexity index is 692. The SMILES string of the molecule is CCc1cc(C(=O)NCc2cccc(NC(C)=O)c2)sc1C. The van der Waals surface area contributed by atoms with E-state index in [1.807, 2.05) is 37.3 Å². The number of benzene rings is 1. The van der Waals surface area contributed by atoms with Gasteiger partial charge in [-0.05, 0) is 42.7 Å². The Labute approximate surface area is 134 Å². The Morgan fingerprint density at radius 3 is 2.64 bits per heavy atom. The summed E-state index contributed by atoms with van der Waals surface area (Å²) in [5, 5.41) is 5.65. The fourth-order valence-electron chi connectivity index (χ4n) is 2.21. The standard InChI is InChI=1S/C17H20N2O2S/c1-4-14-9-16(22-11(14)2)17(21)18-10-13-6-5-7-15(8-13)19-12(3)20/h5-9H,4,10H2,1-3H3,(H,18,21)(H,19,20). The van der Waals surface area contributed by atoms with Crippen LogP contribution in [-0.2, 0) is 17.8 Å². The number of carbonyl (C=O) groups is 2. The quantitative estimate of drug-likeness (QED) is 0.887. The average molecular weight is 316 g/mol. The highest BCUT2D eigenvalue weighted by Gasteiger charge is 2.11. The number of rotatable bonds is 5. The molecular weight excluding hydrogens is 296 g/mol. The van der Waals surface area contributed by atoms with Crippen LogP contribution in [0.5, 0.6) is 0 Å². The van der Waals surface area contributed by atoms with E-state index in [0.717, 1.165) is 22.5 Å². The second-order valence-electron chi connectivity index (χ2n) is 5.11. The molecule has 1 aromatic heterocycles. The molecule has 0 spiro atoms. The van der Waals surface area contributed by atoms with Crippen LogP contribution in [0.4, 0.5) is 5.69 Å². The highest BCUT2D eigenvalue weighted by Crippen LogP contribution is 2.22. The molecule has 0 atom stereocenters. The van der Waals surface area contributed by atoms with E-state index >= 15 is 0 Å². The van der Waals surface area contributed by atoms with Gasteiger partial charge in [0.15, 0.2) is 0 Å². The minimum Gasteiger partial charge on any atom is -0.347 e. The lowest BCUT2D eigenvalue weighted by Crippen LogP contribution is -2.21. The molecule has 0 aliphatic rings. The summed E-state index contributed by atoms with van der Waals surface area (Å²) in [5.74, 6) is -0.167. The third-order valence-electron chi connectivity index (χ3n) is 3.33. The highest BCUT2D eigenvalue weighted by atomic mass is 32.1. The normalized spacial score (nSPS) is 10.3. The number of hydrogen-bond donors (Lipinski definition) is 2. The van der Waals surface area contributed by atoms with Gasteiger partial charge in [-0.3, -0.25) is 9.59 Å². The number of hydrogen-bond acceptors (Lipinski definition) is 3. The predicted molar refractivity (Wildman–Crippen MR) is 90.3 cm³/mol. The maximum atomic E-state index is 12.2. The summed E-state index contributed by atoms with van der Waals surface area (Å²) >= 11 is 1.52. The molecule has 0 fully saturated rings. The highest BCUT2D eigenvalue weighted by molar-refractivity contribution is 7.14. The molecule has 0 aliphatic carbocycles. The van der Waals surface area contributed by atoms with Gasteiger partial charge in [-0.15, -0.1) is 11.3 Å². The molecule has 0 radical (unpaired) electrons. The minimum absolute atomic E-state index is 0.0577. The van der Waals surface area contributed by atoms with Crippen LogP contribution in [0.1, 0.15) is 39.5 Å². The van der Waals surface area contributed by atoms with Crippen molar-refractivity contribution in [2.45, 2.75) is 33.7 Å². The molecule has 0 bridgehead atoms. The Morgan fingerprint density at radius 2 is 2.00 bits per heavy atom. The van der Waals surface area contributed by atoms with Gasteiger partial charge in [0, 0.05) is 24.0 Å². The molecule has 0 saturated heterocycles. The topological polar surface area (TPSA) is 58.2 Å². The van der Waals surface area contributed by atoms with Gasteiger partial charge in [-0.25, -0.2) is 0 Å². The average Bonchev–Trinajstić information content (AvgIpc) is 2.85. The van der Waals surface area contributed by atoms with Gasteiger partial charge in [0.2, 0.25) is 5.91 Å². The first-order chi connectivity index (χ1) is 10.5. The zero-order chi connectivity index (χ0) is 16.1. The van der Waals surface area contributed by atoms with E-state index in [4.69, 9.17) is 0 Å². The minimum atomic E-state index is -0.109. The third-order valence-corrected chi connectivity index (χ3v) is 4.42. The molecule has 2 aromatic rings. The van der Waals surface area contributed by atoms with E-state index in [1.165, 1.54) is 28.7 Å². The van der Waals surface area contributed by atoms with Crippen molar-refractivity contribution in [3.05, 3.63) is 51.2 Å². The van der Waals surface area contributed by atoms with E-state index < -0.39 is 0 Å². The number of carbonyl (C=O) groups excluding carboxylic acids is 2. The van der Waals surface area contributed by atoms with Crippen LogP contribution in [0.25, 0.3) is 0 Å². The first-order valence-corrected chi connectivity index (χ1v) is 8.05.